The van der Waals surface area contributed by atoms with Gasteiger partial charge in [0, 0.05) is 20.2 Å². The molecule has 0 atom stereocenters. The Hall–Kier alpha value is -0.710. The SMILES string of the molecule is CCN(CCOC)c1nc(N)c(Cl)cc1Cl. The Kier molecular flexibility index (Phi) is 5.12. The van der Waals surface area contributed by atoms with Crippen LogP contribution in [0.25, 0.3) is 0 Å². The number of pyridine rings is 1. The molecule has 16 heavy (non-hydrogen) atoms. The lowest BCUT2D eigenvalue weighted by atomic mass is 10.4. The van der Waals surface area contributed by atoms with E-state index in [0.29, 0.717) is 29.0 Å². The highest BCUT2D eigenvalue weighted by atomic mass is 35.5. The van der Waals surface area contributed by atoms with Crippen molar-refractivity contribution in [3.8, 4) is 0 Å². The third-order valence-electron chi connectivity index (χ3n) is 2.18. The minimum absolute atomic E-state index is 0.289. The number of hydrogen-bond donors (Lipinski definition) is 1. The zero-order valence-electron chi connectivity index (χ0n) is 9.33. The van der Waals surface area contributed by atoms with E-state index in [-0.39, 0.29) is 5.82 Å². The van der Waals surface area contributed by atoms with Crippen molar-refractivity contribution in [1.82, 2.24) is 4.98 Å². The molecule has 0 unspecified atom stereocenters. The lowest BCUT2D eigenvalue weighted by molar-refractivity contribution is 0.205. The normalized spacial score (nSPS) is 10.5. The van der Waals surface area contributed by atoms with E-state index < -0.39 is 0 Å². The van der Waals surface area contributed by atoms with Gasteiger partial charge in [-0.1, -0.05) is 23.2 Å². The highest BCUT2D eigenvalue weighted by Crippen LogP contribution is 2.29. The van der Waals surface area contributed by atoms with E-state index in [2.05, 4.69) is 4.98 Å². The number of anilines is 2. The van der Waals surface area contributed by atoms with Gasteiger partial charge in [0.25, 0.3) is 0 Å². The lowest BCUT2D eigenvalue weighted by Crippen LogP contribution is -2.28. The van der Waals surface area contributed by atoms with Crippen LogP contribution in [0.1, 0.15) is 6.92 Å². The van der Waals surface area contributed by atoms with E-state index in [9.17, 15) is 0 Å². The number of aromatic nitrogens is 1. The Labute approximate surface area is 105 Å². The summed E-state index contributed by atoms with van der Waals surface area (Å²) in [7, 11) is 1.65. The first-order chi connectivity index (χ1) is 7.60. The zero-order chi connectivity index (χ0) is 12.1. The molecule has 90 valence electrons. The minimum Gasteiger partial charge on any atom is -0.383 e. The van der Waals surface area contributed by atoms with Crippen molar-refractivity contribution in [2.45, 2.75) is 6.92 Å². The Balaban J connectivity index is 2.95. The Morgan fingerprint density at radius 2 is 2.12 bits per heavy atom. The molecule has 0 aliphatic heterocycles. The number of nitrogen functional groups attached to an aromatic ring is 1. The largest absolute Gasteiger partial charge is 0.383 e. The van der Waals surface area contributed by atoms with Crippen molar-refractivity contribution in [2.24, 2.45) is 0 Å². The fraction of sp³-hybridized carbons (Fsp3) is 0.500. The van der Waals surface area contributed by atoms with Gasteiger partial charge in [0.1, 0.15) is 11.6 Å². The number of hydrogen-bond acceptors (Lipinski definition) is 4. The predicted octanol–water partition coefficient (Wildman–Crippen LogP) is 2.44. The van der Waals surface area contributed by atoms with Crippen LogP contribution in [0.4, 0.5) is 11.6 Å². The summed E-state index contributed by atoms with van der Waals surface area (Å²) in [5, 5.41) is 0.869. The second kappa shape index (κ2) is 6.13. The van der Waals surface area contributed by atoms with Gasteiger partial charge in [-0.15, -0.1) is 0 Å². The minimum atomic E-state index is 0.289. The van der Waals surface area contributed by atoms with Crippen LogP contribution < -0.4 is 10.6 Å². The Morgan fingerprint density at radius 3 is 2.69 bits per heavy atom. The maximum absolute atomic E-state index is 6.07. The molecule has 1 aromatic heterocycles. The van der Waals surface area contributed by atoms with E-state index in [0.717, 1.165) is 6.54 Å². The molecule has 0 saturated heterocycles. The second-order valence-electron chi connectivity index (χ2n) is 3.23. The second-order valence-corrected chi connectivity index (χ2v) is 4.05. The van der Waals surface area contributed by atoms with Crippen molar-refractivity contribution < 1.29 is 4.74 Å². The molecule has 4 nitrogen and oxygen atoms in total. The summed E-state index contributed by atoms with van der Waals surface area (Å²) >= 11 is 11.9. The number of methoxy groups -OCH3 is 1. The van der Waals surface area contributed by atoms with Crippen molar-refractivity contribution in [3.05, 3.63) is 16.1 Å². The number of nitrogens with zero attached hydrogens (tertiary/aromatic N) is 2. The summed E-state index contributed by atoms with van der Waals surface area (Å²) in [4.78, 5) is 6.17. The van der Waals surface area contributed by atoms with Crippen LogP contribution in [0.3, 0.4) is 0 Å². The summed E-state index contributed by atoms with van der Waals surface area (Å²) in [6.45, 7) is 4.10. The van der Waals surface area contributed by atoms with Gasteiger partial charge in [-0.25, -0.2) is 4.98 Å². The molecule has 2 N–H and O–H groups in total. The van der Waals surface area contributed by atoms with Gasteiger partial charge >= 0.3 is 0 Å². The quantitative estimate of drug-likeness (QED) is 0.887. The molecule has 0 aliphatic carbocycles. The van der Waals surface area contributed by atoms with Crippen molar-refractivity contribution in [3.63, 3.8) is 0 Å². The molecule has 0 amide bonds. The van der Waals surface area contributed by atoms with Gasteiger partial charge in [0.15, 0.2) is 0 Å². The van der Waals surface area contributed by atoms with Crippen molar-refractivity contribution in [1.29, 1.82) is 0 Å². The van der Waals surface area contributed by atoms with Gasteiger partial charge < -0.3 is 15.4 Å². The number of rotatable bonds is 5. The fourth-order valence-electron chi connectivity index (χ4n) is 1.31. The van der Waals surface area contributed by atoms with Crippen LogP contribution in [0.15, 0.2) is 6.07 Å². The van der Waals surface area contributed by atoms with Crippen LogP contribution in [-0.2, 0) is 4.74 Å². The predicted molar refractivity (Wildman–Crippen MR) is 68.4 cm³/mol. The highest BCUT2D eigenvalue weighted by Gasteiger charge is 2.12. The molecule has 6 heteroatoms. The van der Waals surface area contributed by atoms with E-state index in [1.807, 2.05) is 11.8 Å². The van der Waals surface area contributed by atoms with Crippen LogP contribution in [0, 0.1) is 0 Å². The average Bonchev–Trinajstić information content (AvgIpc) is 2.26. The summed E-state index contributed by atoms with van der Waals surface area (Å²) < 4.78 is 5.02. The standard InChI is InChI=1S/C10H15Cl2N3O/c1-3-15(4-5-16-2)10-8(12)6-7(11)9(13)14-10/h6H,3-5H2,1-2H3,(H2,13,14). The summed E-state index contributed by atoms with van der Waals surface area (Å²) in [5.41, 5.74) is 5.65. The first-order valence-corrected chi connectivity index (χ1v) is 5.71. The first-order valence-electron chi connectivity index (χ1n) is 4.95. The Bertz CT molecular complexity index is 360. The number of halogens is 2. The number of ether oxygens (including phenoxy) is 1. The van der Waals surface area contributed by atoms with Crippen LogP contribution in [0.2, 0.25) is 10.0 Å². The lowest BCUT2D eigenvalue weighted by Gasteiger charge is -2.22. The molecule has 0 radical (unpaired) electrons. The zero-order valence-corrected chi connectivity index (χ0v) is 10.8. The van der Waals surface area contributed by atoms with Gasteiger partial charge in [-0.05, 0) is 13.0 Å². The molecule has 0 saturated carbocycles. The van der Waals surface area contributed by atoms with E-state index in [4.69, 9.17) is 33.7 Å². The van der Waals surface area contributed by atoms with Crippen LogP contribution >= 0.6 is 23.2 Å². The third-order valence-corrected chi connectivity index (χ3v) is 2.77. The van der Waals surface area contributed by atoms with E-state index in [1.165, 1.54) is 0 Å². The smallest absolute Gasteiger partial charge is 0.150 e. The van der Waals surface area contributed by atoms with E-state index in [1.54, 1.807) is 13.2 Å². The highest BCUT2D eigenvalue weighted by molar-refractivity contribution is 6.37. The molecule has 0 aromatic carbocycles. The van der Waals surface area contributed by atoms with Crippen LogP contribution in [0.5, 0.6) is 0 Å². The molecule has 0 spiro atoms. The summed E-state index contributed by atoms with van der Waals surface area (Å²) in [6, 6.07) is 1.61. The number of likely N-dealkylation sites (N-methyl/N-ethyl adjacent to an activating group) is 1. The van der Waals surface area contributed by atoms with E-state index >= 15 is 0 Å². The summed E-state index contributed by atoms with van der Waals surface area (Å²) in [5.74, 6) is 0.931. The topological polar surface area (TPSA) is 51.4 Å². The molecule has 0 bridgehead atoms. The first kappa shape index (κ1) is 13.4. The van der Waals surface area contributed by atoms with Crippen LogP contribution in [-0.4, -0.2) is 31.8 Å². The van der Waals surface area contributed by atoms with Gasteiger partial charge in [-0.3, -0.25) is 0 Å². The maximum atomic E-state index is 6.07. The third kappa shape index (κ3) is 3.14. The number of nitrogens with two attached hydrogens (primary N) is 1. The molecule has 1 heterocycles. The molecule has 1 rings (SSSR count). The van der Waals surface area contributed by atoms with Gasteiger partial charge in [0.05, 0.1) is 16.7 Å². The monoisotopic (exact) mass is 263 g/mol. The molecular formula is C10H15Cl2N3O. The molecule has 1 aromatic rings. The molecular weight excluding hydrogens is 249 g/mol. The summed E-state index contributed by atoms with van der Waals surface area (Å²) in [6.07, 6.45) is 0. The maximum Gasteiger partial charge on any atom is 0.150 e. The fourth-order valence-corrected chi connectivity index (χ4v) is 1.79. The van der Waals surface area contributed by atoms with Crippen molar-refractivity contribution >= 4 is 34.8 Å². The van der Waals surface area contributed by atoms with Gasteiger partial charge in [-0.2, -0.15) is 0 Å². The van der Waals surface area contributed by atoms with Crippen molar-refractivity contribution in [2.75, 3.05) is 37.4 Å². The average molecular weight is 264 g/mol. The Morgan fingerprint density at radius 1 is 1.44 bits per heavy atom. The molecule has 0 fully saturated rings. The molecule has 0 aliphatic rings. The van der Waals surface area contributed by atoms with Gasteiger partial charge in [0.2, 0.25) is 0 Å².